The van der Waals surface area contributed by atoms with Gasteiger partial charge < -0.3 is 14.2 Å². The standard InChI is InChI=1S/C20H17BrN2O5S/c1-26-15-7-5-4-6-14(15)23-19(25)12(18(24)22-20(23)29)8-11-9-13(21)17(28-3)16(10-11)27-2/h4-10H,1-3H3,(H,22,24,29)/b12-8-. The molecule has 0 spiro atoms. The van der Waals surface area contributed by atoms with Crippen LogP contribution in [0.15, 0.2) is 46.4 Å². The fourth-order valence-corrected chi connectivity index (χ4v) is 3.77. The molecule has 7 nitrogen and oxygen atoms in total. The fraction of sp³-hybridized carbons (Fsp3) is 0.150. The van der Waals surface area contributed by atoms with Crippen LogP contribution in [0.2, 0.25) is 0 Å². The van der Waals surface area contributed by atoms with Gasteiger partial charge in [-0.15, -0.1) is 0 Å². The molecule has 2 aromatic carbocycles. The summed E-state index contributed by atoms with van der Waals surface area (Å²) < 4.78 is 16.6. The van der Waals surface area contributed by atoms with Gasteiger partial charge in [-0.2, -0.15) is 0 Å². The number of rotatable bonds is 5. The number of hydrogen-bond donors (Lipinski definition) is 1. The average molecular weight is 477 g/mol. The molecule has 1 saturated heterocycles. The van der Waals surface area contributed by atoms with E-state index in [1.54, 1.807) is 36.4 Å². The lowest BCUT2D eigenvalue weighted by Crippen LogP contribution is -2.54. The number of carbonyl (C=O) groups excluding carboxylic acids is 2. The Morgan fingerprint density at radius 3 is 2.38 bits per heavy atom. The van der Waals surface area contributed by atoms with Gasteiger partial charge in [-0.05, 0) is 64.1 Å². The summed E-state index contributed by atoms with van der Waals surface area (Å²) in [5.41, 5.74) is 0.925. The maximum Gasteiger partial charge on any atom is 0.270 e. The second kappa shape index (κ2) is 8.62. The molecular formula is C20H17BrN2O5S. The van der Waals surface area contributed by atoms with E-state index in [0.717, 1.165) is 0 Å². The molecule has 2 aromatic rings. The molecule has 1 N–H and O–H groups in total. The maximum atomic E-state index is 13.2. The summed E-state index contributed by atoms with van der Waals surface area (Å²) in [5, 5.41) is 2.53. The van der Waals surface area contributed by atoms with Crippen molar-refractivity contribution in [2.24, 2.45) is 0 Å². The van der Waals surface area contributed by atoms with Crippen molar-refractivity contribution in [3.8, 4) is 17.2 Å². The number of amides is 2. The Bertz CT molecular complexity index is 1040. The van der Waals surface area contributed by atoms with Crippen LogP contribution in [0, 0.1) is 0 Å². The Labute approximate surface area is 181 Å². The van der Waals surface area contributed by atoms with Crippen LogP contribution in [0.1, 0.15) is 5.56 Å². The molecular weight excluding hydrogens is 460 g/mol. The highest BCUT2D eigenvalue weighted by atomic mass is 79.9. The van der Waals surface area contributed by atoms with E-state index in [0.29, 0.717) is 33.0 Å². The Morgan fingerprint density at radius 1 is 1.03 bits per heavy atom. The summed E-state index contributed by atoms with van der Waals surface area (Å²) in [6, 6.07) is 10.3. The molecule has 2 amide bonds. The zero-order valence-electron chi connectivity index (χ0n) is 15.8. The Balaban J connectivity index is 2.08. The predicted molar refractivity (Wildman–Crippen MR) is 116 cm³/mol. The van der Waals surface area contributed by atoms with Crippen molar-refractivity contribution < 1.29 is 23.8 Å². The largest absolute Gasteiger partial charge is 0.495 e. The first-order valence-corrected chi connectivity index (χ1v) is 9.57. The average Bonchev–Trinajstić information content (AvgIpc) is 2.70. The molecule has 0 bridgehead atoms. The minimum atomic E-state index is -0.586. The van der Waals surface area contributed by atoms with Crippen molar-refractivity contribution in [1.29, 1.82) is 0 Å². The number of carbonyl (C=O) groups is 2. The van der Waals surface area contributed by atoms with Gasteiger partial charge in [-0.1, -0.05) is 12.1 Å². The molecule has 29 heavy (non-hydrogen) atoms. The highest BCUT2D eigenvalue weighted by Crippen LogP contribution is 2.37. The first-order chi connectivity index (χ1) is 13.9. The number of methoxy groups -OCH3 is 3. The van der Waals surface area contributed by atoms with Crippen molar-refractivity contribution in [1.82, 2.24) is 5.32 Å². The van der Waals surface area contributed by atoms with E-state index in [2.05, 4.69) is 21.2 Å². The second-order valence-electron chi connectivity index (χ2n) is 5.87. The third kappa shape index (κ3) is 3.96. The highest BCUT2D eigenvalue weighted by molar-refractivity contribution is 9.10. The van der Waals surface area contributed by atoms with Crippen LogP contribution in [-0.2, 0) is 9.59 Å². The highest BCUT2D eigenvalue weighted by Gasteiger charge is 2.35. The minimum absolute atomic E-state index is 0.0184. The molecule has 3 rings (SSSR count). The molecule has 0 aliphatic carbocycles. The van der Waals surface area contributed by atoms with Crippen LogP contribution in [0.3, 0.4) is 0 Å². The third-order valence-corrected chi connectivity index (χ3v) is 5.07. The Morgan fingerprint density at radius 2 is 1.72 bits per heavy atom. The maximum absolute atomic E-state index is 13.2. The van der Waals surface area contributed by atoms with E-state index in [4.69, 9.17) is 26.4 Å². The van der Waals surface area contributed by atoms with E-state index >= 15 is 0 Å². The molecule has 1 aliphatic heterocycles. The number of para-hydroxylation sites is 2. The van der Waals surface area contributed by atoms with E-state index in [-0.39, 0.29) is 10.7 Å². The number of nitrogens with one attached hydrogen (secondary N) is 1. The lowest BCUT2D eigenvalue weighted by atomic mass is 10.1. The topological polar surface area (TPSA) is 77.1 Å². The van der Waals surface area contributed by atoms with Gasteiger partial charge >= 0.3 is 0 Å². The molecule has 0 atom stereocenters. The van der Waals surface area contributed by atoms with Gasteiger partial charge in [-0.3, -0.25) is 14.9 Å². The predicted octanol–water partition coefficient (Wildman–Crippen LogP) is 3.31. The number of nitrogens with zero attached hydrogens (tertiary/aromatic N) is 1. The van der Waals surface area contributed by atoms with Crippen LogP contribution < -0.4 is 24.4 Å². The molecule has 1 aliphatic rings. The minimum Gasteiger partial charge on any atom is -0.495 e. The number of thiocarbonyl (C=S) groups is 1. The summed E-state index contributed by atoms with van der Waals surface area (Å²) in [4.78, 5) is 26.9. The van der Waals surface area contributed by atoms with Crippen LogP contribution in [0.4, 0.5) is 5.69 Å². The number of halogens is 1. The van der Waals surface area contributed by atoms with Gasteiger partial charge in [0.1, 0.15) is 11.3 Å². The van der Waals surface area contributed by atoms with Gasteiger partial charge in [0.25, 0.3) is 11.8 Å². The monoisotopic (exact) mass is 476 g/mol. The molecule has 0 radical (unpaired) electrons. The van der Waals surface area contributed by atoms with Crippen LogP contribution in [0.25, 0.3) is 6.08 Å². The van der Waals surface area contributed by atoms with Gasteiger partial charge in [0, 0.05) is 0 Å². The summed E-state index contributed by atoms with van der Waals surface area (Å²) >= 11 is 8.63. The fourth-order valence-electron chi connectivity index (χ4n) is 2.88. The summed E-state index contributed by atoms with van der Waals surface area (Å²) in [7, 11) is 4.51. The zero-order valence-corrected chi connectivity index (χ0v) is 18.2. The van der Waals surface area contributed by atoms with Crippen LogP contribution in [-0.4, -0.2) is 38.3 Å². The van der Waals surface area contributed by atoms with Gasteiger partial charge in [0.15, 0.2) is 16.6 Å². The van der Waals surface area contributed by atoms with Crippen molar-refractivity contribution in [2.75, 3.05) is 26.2 Å². The quantitative estimate of drug-likeness (QED) is 0.405. The number of anilines is 1. The normalized spacial score (nSPS) is 15.4. The first-order valence-electron chi connectivity index (χ1n) is 8.37. The first kappa shape index (κ1) is 20.8. The number of ether oxygens (including phenoxy) is 3. The SMILES string of the molecule is COc1ccccc1N1C(=O)/C(=C\c2cc(Br)c(OC)c(OC)c2)C(=O)NC1=S. The molecule has 9 heteroatoms. The third-order valence-electron chi connectivity index (χ3n) is 4.19. The van der Waals surface area contributed by atoms with Gasteiger partial charge in [0.2, 0.25) is 0 Å². The second-order valence-corrected chi connectivity index (χ2v) is 7.11. The Hall–Kier alpha value is -2.91. The smallest absolute Gasteiger partial charge is 0.270 e. The molecule has 150 valence electrons. The van der Waals surface area contributed by atoms with Gasteiger partial charge in [-0.25, -0.2) is 4.90 Å². The van der Waals surface area contributed by atoms with E-state index in [1.807, 2.05) is 0 Å². The lowest BCUT2D eigenvalue weighted by molar-refractivity contribution is -0.122. The van der Waals surface area contributed by atoms with E-state index < -0.39 is 11.8 Å². The van der Waals surface area contributed by atoms with Crippen molar-refractivity contribution >= 4 is 56.8 Å². The molecule has 0 unspecified atom stereocenters. The summed E-state index contributed by atoms with van der Waals surface area (Å²) in [6.07, 6.45) is 1.47. The zero-order chi connectivity index (χ0) is 21.1. The van der Waals surface area contributed by atoms with E-state index in [1.165, 1.54) is 32.3 Å². The van der Waals surface area contributed by atoms with Gasteiger partial charge in [0.05, 0.1) is 31.5 Å². The molecule has 0 aromatic heterocycles. The number of benzene rings is 2. The Kier molecular flexibility index (Phi) is 6.19. The van der Waals surface area contributed by atoms with Crippen molar-refractivity contribution in [2.45, 2.75) is 0 Å². The van der Waals surface area contributed by atoms with Crippen molar-refractivity contribution in [3.05, 3.63) is 52.0 Å². The molecule has 1 heterocycles. The molecule has 1 fully saturated rings. The van der Waals surface area contributed by atoms with E-state index in [9.17, 15) is 9.59 Å². The van der Waals surface area contributed by atoms with Crippen molar-refractivity contribution in [3.63, 3.8) is 0 Å². The van der Waals surface area contributed by atoms with Crippen LogP contribution >= 0.6 is 28.1 Å². The summed E-state index contributed by atoms with van der Waals surface area (Å²) in [5.74, 6) is 0.263. The number of hydrogen-bond acceptors (Lipinski definition) is 6. The van der Waals surface area contributed by atoms with Crippen LogP contribution in [0.5, 0.6) is 17.2 Å². The lowest BCUT2D eigenvalue weighted by Gasteiger charge is -2.29. The molecule has 0 saturated carbocycles. The summed E-state index contributed by atoms with van der Waals surface area (Å²) in [6.45, 7) is 0.